The molecule has 134 valence electrons. The summed E-state index contributed by atoms with van der Waals surface area (Å²) < 4.78 is 0. The Labute approximate surface area is 148 Å². The van der Waals surface area contributed by atoms with Gasteiger partial charge in [-0.15, -0.1) is 0 Å². The second-order valence-corrected chi connectivity index (χ2v) is 7.07. The van der Waals surface area contributed by atoms with Gasteiger partial charge in [-0.3, -0.25) is 14.4 Å². The van der Waals surface area contributed by atoms with Crippen LogP contribution in [0.4, 0.5) is 0 Å². The van der Waals surface area contributed by atoms with Gasteiger partial charge in [-0.2, -0.15) is 0 Å². The molecule has 1 amide bonds. The van der Waals surface area contributed by atoms with Crippen molar-refractivity contribution in [2.45, 2.75) is 24.9 Å². The number of aliphatic hydroxyl groups is 3. The van der Waals surface area contributed by atoms with Crippen LogP contribution in [-0.2, 0) is 16.0 Å². The molecule has 0 heterocycles. The Morgan fingerprint density at radius 3 is 2.54 bits per heavy atom. The third-order valence-corrected chi connectivity index (χ3v) is 5.71. The summed E-state index contributed by atoms with van der Waals surface area (Å²) in [5.41, 5.74) is 3.25. The zero-order chi connectivity index (χ0) is 18.8. The van der Waals surface area contributed by atoms with E-state index in [1.165, 1.54) is 0 Å². The standard InChI is InChI=1S/C19H17NO6/c20-18(25)14-12(21)7-10-6-9-5-8-3-1-2-4-11(8)15(22)13(9)16(23)19(10,26)17(14)24/h1-4,9-10,21,23,26H,5-7H2,(H2,20,25)/t9-,10?,19-/m0/s1. The van der Waals surface area contributed by atoms with Crippen LogP contribution < -0.4 is 5.73 Å². The number of allylic oxidation sites excluding steroid dienone is 2. The lowest BCUT2D eigenvalue weighted by Gasteiger charge is -2.45. The summed E-state index contributed by atoms with van der Waals surface area (Å²) in [5, 5.41) is 31.8. The number of Topliss-reactive ketones (excluding diaryl/α,β-unsaturated/α-hetero) is 2. The Balaban J connectivity index is 1.90. The lowest BCUT2D eigenvalue weighted by Crippen LogP contribution is -2.57. The molecule has 0 saturated carbocycles. The fraction of sp³-hybridized carbons (Fsp3) is 0.316. The number of nitrogens with two attached hydrogens (primary N) is 1. The maximum Gasteiger partial charge on any atom is 0.255 e. The molecule has 0 bridgehead atoms. The van der Waals surface area contributed by atoms with E-state index in [1.807, 2.05) is 12.1 Å². The van der Waals surface area contributed by atoms with Crippen LogP contribution in [0.15, 0.2) is 46.9 Å². The summed E-state index contributed by atoms with van der Waals surface area (Å²) in [6, 6.07) is 6.98. The molecule has 3 atom stereocenters. The molecule has 7 heteroatoms. The average Bonchev–Trinajstić information content (AvgIpc) is 2.58. The number of ketones is 2. The van der Waals surface area contributed by atoms with Crippen molar-refractivity contribution >= 4 is 17.5 Å². The summed E-state index contributed by atoms with van der Waals surface area (Å²) in [6.45, 7) is 0. The topological polar surface area (TPSA) is 138 Å². The van der Waals surface area contributed by atoms with E-state index in [9.17, 15) is 29.7 Å². The van der Waals surface area contributed by atoms with Crippen LogP contribution in [0, 0.1) is 11.8 Å². The van der Waals surface area contributed by atoms with Crippen molar-refractivity contribution in [1.29, 1.82) is 0 Å². The molecule has 1 unspecified atom stereocenters. The molecule has 0 aromatic heterocycles. The van der Waals surface area contributed by atoms with Crippen molar-refractivity contribution in [2.75, 3.05) is 0 Å². The van der Waals surface area contributed by atoms with Gasteiger partial charge in [0.15, 0.2) is 11.4 Å². The number of rotatable bonds is 1. The third-order valence-electron chi connectivity index (χ3n) is 5.71. The fourth-order valence-electron chi connectivity index (χ4n) is 4.47. The lowest BCUT2D eigenvalue weighted by molar-refractivity contribution is -0.144. The van der Waals surface area contributed by atoms with Gasteiger partial charge in [0.2, 0.25) is 5.78 Å². The smallest absolute Gasteiger partial charge is 0.255 e. The van der Waals surface area contributed by atoms with Crippen LogP contribution >= 0.6 is 0 Å². The first kappa shape index (κ1) is 16.5. The van der Waals surface area contributed by atoms with Crippen molar-refractivity contribution in [3.63, 3.8) is 0 Å². The van der Waals surface area contributed by atoms with Crippen molar-refractivity contribution in [1.82, 2.24) is 0 Å². The third kappa shape index (κ3) is 1.94. The Bertz CT molecular complexity index is 943. The van der Waals surface area contributed by atoms with Crippen molar-refractivity contribution in [3.05, 3.63) is 58.1 Å². The summed E-state index contributed by atoms with van der Waals surface area (Å²) in [7, 11) is 0. The van der Waals surface area contributed by atoms with Gasteiger partial charge in [-0.25, -0.2) is 0 Å². The largest absolute Gasteiger partial charge is 0.511 e. The maximum absolute atomic E-state index is 12.9. The van der Waals surface area contributed by atoms with Gasteiger partial charge in [0.1, 0.15) is 17.1 Å². The number of aliphatic hydroxyl groups excluding tert-OH is 2. The molecule has 26 heavy (non-hydrogen) atoms. The molecule has 7 nitrogen and oxygen atoms in total. The number of benzene rings is 1. The minimum Gasteiger partial charge on any atom is -0.511 e. The van der Waals surface area contributed by atoms with E-state index in [2.05, 4.69) is 0 Å². The Hall–Kier alpha value is -2.93. The molecule has 5 N–H and O–H groups in total. The van der Waals surface area contributed by atoms with E-state index >= 15 is 0 Å². The van der Waals surface area contributed by atoms with Crippen LogP contribution in [-0.4, -0.2) is 38.4 Å². The highest BCUT2D eigenvalue weighted by Gasteiger charge is 2.59. The summed E-state index contributed by atoms with van der Waals surface area (Å²) in [5.74, 6) is -5.21. The average molecular weight is 355 g/mol. The number of carbonyl (C=O) groups is 3. The molecular formula is C19H17NO6. The number of hydrogen-bond donors (Lipinski definition) is 4. The highest BCUT2D eigenvalue weighted by Crippen LogP contribution is 2.50. The minimum absolute atomic E-state index is 0.000935. The van der Waals surface area contributed by atoms with Gasteiger partial charge in [-0.05, 0) is 24.3 Å². The molecule has 4 rings (SSSR count). The molecule has 3 aliphatic carbocycles. The molecule has 0 spiro atoms. The highest BCUT2D eigenvalue weighted by molar-refractivity contribution is 6.24. The van der Waals surface area contributed by atoms with E-state index in [4.69, 9.17) is 5.73 Å². The van der Waals surface area contributed by atoms with Crippen molar-refractivity contribution < 1.29 is 29.7 Å². The monoisotopic (exact) mass is 355 g/mol. The number of hydrogen-bond acceptors (Lipinski definition) is 6. The molecular weight excluding hydrogens is 338 g/mol. The first-order chi connectivity index (χ1) is 12.3. The summed E-state index contributed by atoms with van der Waals surface area (Å²) in [6.07, 6.45) is 0.525. The summed E-state index contributed by atoms with van der Waals surface area (Å²) in [4.78, 5) is 37.1. The molecule has 1 aromatic rings. The molecule has 0 fully saturated rings. The maximum atomic E-state index is 12.9. The SMILES string of the molecule is NC(=O)C1=C(O)CC2C[C@@H]3Cc4ccccc4C(=O)C3=C(O)[C@]2(O)C1=O. The minimum atomic E-state index is -2.43. The van der Waals surface area contributed by atoms with Crippen LogP contribution in [0.3, 0.4) is 0 Å². The second kappa shape index (κ2) is 5.28. The zero-order valence-corrected chi connectivity index (χ0v) is 13.7. The molecule has 0 radical (unpaired) electrons. The van der Waals surface area contributed by atoms with E-state index in [-0.39, 0.29) is 24.3 Å². The lowest BCUT2D eigenvalue weighted by atomic mass is 9.60. The van der Waals surface area contributed by atoms with Gasteiger partial charge in [0.25, 0.3) is 5.91 Å². The van der Waals surface area contributed by atoms with E-state index < -0.39 is 46.1 Å². The quantitative estimate of drug-likeness (QED) is 0.552. The molecule has 0 aliphatic heterocycles. The summed E-state index contributed by atoms with van der Waals surface area (Å²) >= 11 is 0. The van der Waals surface area contributed by atoms with Gasteiger partial charge < -0.3 is 21.1 Å². The molecule has 0 saturated heterocycles. The van der Waals surface area contributed by atoms with Crippen LogP contribution in [0.2, 0.25) is 0 Å². The van der Waals surface area contributed by atoms with Gasteiger partial charge in [0.05, 0.1) is 0 Å². The normalized spacial score (nSPS) is 30.7. The van der Waals surface area contributed by atoms with Crippen LogP contribution in [0.1, 0.15) is 28.8 Å². The number of fused-ring (bicyclic) bond motifs is 3. The fourth-order valence-corrected chi connectivity index (χ4v) is 4.47. The van der Waals surface area contributed by atoms with E-state index in [0.29, 0.717) is 12.0 Å². The van der Waals surface area contributed by atoms with Crippen LogP contribution in [0.25, 0.3) is 0 Å². The predicted octanol–water partition coefficient (Wildman–Crippen LogP) is 0.875. The van der Waals surface area contributed by atoms with Gasteiger partial charge >= 0.3 is 0 Å². The van der Waals surface area contributed by atoms with E-state index in [0.717, 1.165) is 5.56 Å². The predicted molar refractivity (Wildman–Crippen MR) is 89.2 cm³/mol. The molecule has 1 aromatic carbocycles. The van der Waals surface area contributed by atoms with Crippen molar-refractivity contribution in [2.24, 2.45) is 17.6 Å². The zero-order valence-electron chi connectivity index (χ0n) is 13.7. The highest BCUT2D eigenvalue weighted by atomic mass is 16.3. The first-order valence-electron chi connectivity index (χ1n) is 8.32. The second-order valence-electron chi connectivity index (χ2n) is 7.07. The Morgan fingerprint density at radius 1 is 1.15 bits per heavy atom. The first-order valence-corrected chi connectivity index (χ1v) is 8.32. The number of amides is 1. The number of primary amides is 1. The molecule has 3 aliphatic rings. The Kier molecular flexibility index (Phi) is 3.36. The van der Waals surface area contributed by atoms with Crippen molar-refractivity contribution in [3.8, 4) is 0 Å². The Morgan fingerprint density at radius 2 is 1.85 bits per heavy atom. The van der Waals surface area contributed by atoms with Crippen LogP contribution in [0.5, 0.6) is 0 Å². The number of carbonyl (C=O) groups excluding carboxylic acids is 3. The van der Waals surface area contributed by atoms with E-state index in [1.54, 1.807) is 12.1 Å². The van der Waals surface area contributed by atoms with Gasteiger partial charge in [0, 0.05) is 23.5 Å². The van der Waals surface area contributed by atoms with Gasteiger partial charge in [-0.1, -0.05) is 24.3 Å².